The highest BCUT2D eigenvalue weighted by atomic mass is 79.9. The molecule has 0 heterocycles. The lowest BCUT2D eigenvalue weighted by Crippen LogP contribution is -2.40. The Morgan fingerprint density at radius 1 is 1.44 bits per heavy atom. The van der Waals surface area contributed by atoms with Gasteiger partial charge in [-0.1, -0.05) is 5.92 Å². The van der Waals surface area contributed by atoms with Gasteiger partial charge in [-0.05, 0) is 25.6 Å². The Morgan fingerprint density at radius 3 is 2.38 bits per heavy atom. The van der Waals surface area contributed by atoms with Crippen LogP contribution in [-0.4, -0.2) is 40.8 Å². The van der Waals surface area contributed by atoms with Gasteiger partial charge in [0.2, 0.25) is 0 Å². The molecule has 0 fully saturated rings. The van der Waals surface area contributed by atoms with Gasteiger partial charge in [0.15, 0.2) is 0 Å². The number of carboxylic acid groups (broad SMARTS) is 1. The number of amides is 1. The summed E-state index contributed by atoms with van der Waals surface area (Å²) in [5.74, 6) is 1.44. The van der Waals surface area contributed by atoms with Crippen LogP contribution in [0.1, 0.15) is 20.8 Å². The molecule has 0 radical (unpaired) electrons. The monoisotopic (exact) mass is 291 g/mol. The average Bonchev–Trinajstić information content (AvgIpc) is 2.08. The second kappa shape index (κ2) is 6.38. The molecule has 0 atom stereocenters. The minimum atomic E-state index is -1.11. The number of hydrogen-bond donors (Lipinski definition) is 1. The molecule has 0 aliphatic heterocycles. The fraction of sp³-hybridized carbons (Fsp3) is 0.600. The fourth-order valence-corrected chi connectivity index (χ4v) is 0.925. The van der Waals surface area contributed by atoms with Crippen molar-refractivity contribution in [1.82, 2.24) is 4.90 Å². The predicted molar refractivity (Wildman–Crippen MR) is 62.1 cm³/mol. The molecule has 5 nitrogen and oxygen atoms in total. The van der Waals surface area contributed by atoms with Crippen molar-refractivity contribution in [2.45, 2.75) is 26.4 Å². The van der Waals surface area contributed by atoms with Crippen molar-refractivity contribution in [3.8, 4) is 10.8 Å². The van der Waals surface area contributed by atoms with Crippen LogP contribution in [0.25, 0.3) is 0 Å². The summed E-state index contributed by atoms with van der Waals surface area (Å²) in [7, 11) is 0. The van der Waals surface area contributed by atoms with E-state index in [-0.39, 0.29) is 6.54 Å². The third-order valence-corrected chi connectivity index (χ3v) is 1.59. The van der Waals surface area contributed by atoms with E-state index in [1.807, 2.05) is 0 Å². The summed E-state index contributed by atoms with van der Waals surface area (Å²) < 4.78 is 5.04. The maximum atomic E-state index is 11.6. The second-order valence-corrected chi connectivity index (χ2v) is 4.40. The third kappa shape index (κ3) is 7.12. The highest BCUT2D eigenvalue weighted by Gasteiger charge is 2.23. The minimum absolute atomic E-state index is 0.00641. The number of aliphatic carboxylic acids is 1. The normalized spacial score (nSPS) is 10.0. The van der Waals surface area contributed by atoms with Gasteiger partial charge in [0.1, 0.15) is 12.1 Å². The molecule has 6 heteroatoms. The lowest BCUT2D eigenvalue weighted by Gasteiger charge is -2.24. The molecule has 0 spiro atoms. The van der Waals surface area contributed by atoms with Crippen molar-refractivity contribution in [2.24, 2.45) is 0 Å². The van der Waals surface area contributed by atoms with Crippen LogP contribution in [0.5, 0.6) is 0 Å². The van der Waals surface area contributed by atoms with E-state index >= 15 is 0 Å². The van der Waals surface area contributed by atoms with Crippen LogP contribution in [0.3, 0.4) is 0 Å². The summed E-state index contributed by atoms with van der Waals surface area (Å²) in [5.41, 5.74) is -0.657. The lowest BCUT2D eigenvalue weighted by atomic mass is 10.2. The molecule has 0 aliphatic rings. The van der Waals surface area contributed by atoms with Crippen LogP contribution in [-0.2, 0) is 9.53 Å². The van der Waals surface area contributed by atoms with Crippen LogP contribution in [0.4, 0.5) is 4.79 Å². The van der Waals surface area contributed by atoms with Gasteiger partial charge in [-0.15, -0.1) is 0 Å². The minimum Gasteiger partial charge on any atom is -0.480 e. The van der Waals surface area contributed by atoms with Gasteiger partial charge in [-0.2, -0.15) is 0 Å². The Morgan fingerprint density at radius 2 is 2.00 bits per heavy atom. The van der Waals surface area contributed by atoms with Crippen LogP contribution < -0.4 is 0 Å². The number of ether oxygens (including phenoxy) is 1. The molecule has 0 unspecified atom stereocenters. The topological polar surface area (TPSA) is 66.8 Å². The summed E-state index contributed by atoms with van der Waals surface area (Å²) in [4.78, 5) is 25.5. The summed E-state index contributed by atoms with van der Waals surface area (Å²) in [6.07, 6.45) is -0.690. The van der Waals surface area contributed by atoms with Crippen molar-refractivity contribution in [1.29, 1.82) is 0 Å². The Bertz CT molecular complexity index is 324. The van der Waals surface area contributed by atoms with Gasteiger partial charge in [0, 0.05) is 15.9 Å². The van der Waals surface area contributed by atoms with Gasteiger partial charge in [-0.25, -0.2) is 4.79 Å². The molecule has 0 saturated heterocycles. The number of carbonyl (C=O) groups excluding carboxylic acids is 1. The predicted octanol–water partition coefficient (Wildman–Crippen LogP) is 1.66. The van der Waals surface area contributed by atoms with E-state index in [2.05, 4.69) is 26.7 Å². The molecule has 0 saturated carbocycles. The van der Waals surface area contributed by atoms with Gasteiger partial charge in [0.25, 0.3) is 0 Å². The molecule has 0 aromatic rings. The zero-order valence-electron chi connectivity index (χ0n) is 9.41. The van der Waals surface area contributed by atoms with E-state index in [4.69, 9.17) is 9.84 Å². The Hall–Kier alpha value is -1.22. The molecule has 1 N–H and O–H groups in total. The standard InChI is InChI=1S/C10H14BrNO4/c1-10(2,3)16-9(15)12(6-4-5-11)7-8(13)14/h6-7H2,1-3H3,(H,13,14). The van der Waals surface area contributed by atoms with E-state index in [1.54, 1.807) is 20.8 Å². The largest absolute Gasteiger partial charge is 0.480 e. The quantitative estimate of drug-likeness (QED) is 0.803. The van der Waals surface area contributed by atoms with Crippen LogP contribution >= 0.6 is 15.9 Å². The first-order valence-corrected chi connectivity index (χ1v) is 5.34. The first-order valence-electron chi connectivity index (χ1n) is 4.54. The van der Waals surface area contributed by atoms with E-state index in [1.165, 1.54) is 0 Å². The number of carbonyl (C=O) groups is 2. The summed E-state index contributed by atoms with van der Waals surface area (Å²) in [5, 5.41) is 8.62. The van der Waals surface area contributed by atoms with Crippen LogP contribution in [0.15, 0.2) is 0 Å². The summed E-state index contributed by atoms with van der Waals surface area (Å²) in [6.45, 7) is 4.70. The van der Waals surface area contributed by atoms with E-state index < -0.39 is 24.2 Å². The van der Waals surface area contributed by atoms with Gasteiger partial charge in [0.05, 0.1) is 6.54 Å². The molecule has 16 heavy (non-hydrogen) atoms. The molecule has 0 aromatic carbocycles. The average molecular weight is 292 g/mol. The zero-order chi connectivity index (χ0) is 12.8. The molecular formula is C10H14BrNO4. The van der Waals surface area contributed by atoms with Crippen molar-refractivity contribution in [3.05, 3.63) is 0 Å². The smallest absolute Gasteiger partial charge is 0.411 e. The maximum absolute atomic E-state index is 11.6. The number of halogens is 1. The Kier molecular flexibility index (Phi) is 5.89. The maximum Gasteiger partial charge on any atom is 0.411 e. The first-order chi connectivity index (χ1) is 7.26. The summed E-state index contributed by atoms with van der Waals surface area (Å²) >= 11 is 2.87. The number of hydrogen-bond acceptors (Lipinski definition) is 3. The molecule has 0 aromatic heterocycles. The van der Waals surface area contributed by atoms with Gasteiger partial charge >= 0.3 is 12.1 Å². The number of nitrogens with zero attached hydrogens (tertiary/aromatic N) is 1. The van der Waals surface area contributed by atoms with E-state index in [9.17, 15) is 9.59 Å². The molecular weight excluding hydrogens is 278 g/mol. The fourth-order valence-electron chi connectivity index (χ4n) is 0.800. The van der Waals surface area contributed by atoms with Crippen molar-refractivity contribution >= 4 is 28.0 Å². The summed E-state index contributed by atoms with van der Waals surface area (Å²) in [6, 6.07) is 0. The molecule has 0 aliphatic carbocycles. The number of rotatable bonds is 3. The Balaban J connectivity index is 4.53. The lowest BCUT2D eigenvalue weighted by molar-refractivity contribution is -0.138. The van der Waals surface area contributed by atoms with Gasteiger partial charge in [-0.3, -0.25) is 9.69 Å². The van der Waals surface area contributed by atoms with E-state index in [0.717, 1.165) is 4.90 Å². The van der Waals surface area contributed by atoms with Crippen LogP contribution in [0, 0.1) is 10.8 Å². The van der Waals surface area contributed by atoms with E-state index in [0.29, 0.717) is 0 Å². The highest BCUT2D eigenvalue weighted by Crippen LogP contribution is 2.09. The first kappa shape index (κ1) is 14.8. The van der Waals surface area contributed by atoms with Crippen LogP contribution in [0.2, 0.25) is 0 Å². The van der Waals surface area contributed by atoms with Crippen molar-refractivity contribution in [2.75, 3.05) is 13.1 Å². The SMILES string of the molecule is CC(C)(C)OC(=O)N(CC#CBr)CC(=O)O. The van der Waals surface area contributed by atoms with Crippen molar-refractivity contribution in [3.63, 3.8) is 0 Å². The molecule has 0 rings (SSSR count). The zero-order valence-corrected chi connectivity index (χ0v) is 11.0. The molecule has 0 bridgehead atoms. The molecule has 1 amide bonds. The molecule has 90 valence electrons. The second-order valence-electron chi connectivity index (χ2n) is 4.00. The van der Waals surface area contributed by atoms with Gasteiger partial charge < -0.3 is 9.84 Å². The Labute approximate surface area is 103 Å². The number of carboxylic acids is 1. The van der Waals surface area contributed by atoms with Crippen molar-refractivity contribution < 1.29 is 19.4 Å². The highest BCUT2D eigenvalue weighted by molar-refractivity contribution is 9.12. The third-order valence-electron chi connectivity index (χ3n) is 1.31.